The van der Waals surface area contributed by atoms with E-state index in [1.165, 1.54) is 18.3 Å². The van der Waals surface area contributed by atoms with Gasteiger partial charge in [-0.1, -0.05) is 66.7 Å². The lowest BCUT2D eigenvalue weighted by Gasteiger charge is -2.07. The second-order valence-corrected chi connectivity index (χ2v) is 6.38. The van der Waals surface area contributed by atoms with E-state index in [4.69, 9.17) is 0 Å². The van der Waals surface area contributed by atoms with Crippen LogP contribution in [0.4, 0.5) is 5.69 Å². The zero-order valence-corrected chi connectivity index (χ0v) is 14.9. The van der Waals surface area contributed by atoms with Crippen LogP contribution in [0.2, 0.25) is 0 Å². The van der Waals surface area contributed by atoms with Crippen molar-refractivity contribution in [2.24, 2.45) is 4.99 Å². The molecule has 0 aromatic heterocycles. The van der Waals surface area contributed by atoms with Crippen molar-refractivity contribution < 1.29 is 15.0 Å². The second-order valence-electron chi connectivity index (χ2n) is 6.38. The molecule has 0 aliphatic rings. The predicted octanol–water partition coefficient (Wildman–Crippen LogP) is 5.23. The quantitative estimate of drug-likeness (QED) is 0.383. The molecule has 4 aromatic rings. The number of ketones is 1. The van der Waals surface area contributed by atoms with Gasteiger partial charge >= 0.3 is 0 Å². The van der Waals surface area contributed by atoms with Crippen LogP contribution < -0.4 is 0 Å². The Bertz CT molecular complexity index is 1190. The number of phenols is 2. The highest BCUT2D eigenvalue weighted by Gasteiger charge is 2.16. The van der Waals surface area contributed by atoms with E-state index in [0.29, 0.717) is 11.1 Å². The van der Waals surface area contributed by atoms with Crippen molar-refractivity contribution in [2.45, 2.75) is 0 Å². The van der Waals surface area contributed by atoms with E-state index in [1.807, 2.05) is 48.5 Å². The molecule has 4 heteroatoms. The molecule has 28 heavy (non-hydrogen) atoms. The Morgan fingerprint density at radius 2 is 1.50 bits per heavy atom. The number of carbonyl (C=O) groups excluding carboxylic acids is 1. The van der Waals surface area contributed by atoms with Crippen LogP contribution >= 0.6 is 0 Å². The van der Waals surface area contributed by atoms with Gasteiger partial charge in [0.2, 0.25) is 0 Å². The Kier molecular flexibility index (Phi) is 4.60. The molecule has 0 fully saturated rings. The Hall–Kier alpha value is -3.92. The highest BCUT2D eigenvalue weighted by atomic mass is 16.3. The van der Waals surface area contributed by atoms with Crippen LogP contribution in [-0.4, -0.2) is 22.2 Å². The van der Waals surface area contributed by atoms with E-state index >= 15 is 0 Å². The summed E-state index contributed by atoms with van der Waals surface area (Å²) in [6.07, 6.45) is 1.50. The number of fused-ring (bicyclic) bond motifs is 1. The molecule has 0 bridgehead atoms. The molecule has 0 atom stereocenters. The van der Waals surface area contributed by atoms with E-state index in [-0.39, 0.29) is 22.8 Å². The second kappa shape index (κ2) is 7.37. The zero-order chi connectivity index (χ0) is 19.5. The summed E-state index contributed by atoms with van der Waals surface area (Å²) in [6, 6.07) is 25.0. The first kappa shape index (κ1) is 17.5. The minimum absolute atomic E-state index is 0.114. The maximum Gasteiger partial charge on any atom is 0.196 e. The van der Waals surface area contributed by atoms with Crippen molar-refractivity contribution in [3.63, 3.8) is 0 Å². The summed E-state index contributed by atoms with van der Waals surface area (Å²) in [5.74, 6) is -0.738. The average molecular weight is 367 g/mol. The Labute approximate surface area is 162 Å². The molecule has 0 radical (unpaired) electrons. The molecule has 0 saturated heterocycles. The van der Waals surface area contributed by atoms with Crippen LogP contribution in [0.15, 0.2) is 89.9 Å². The van der Waals surface area contributed by atoms with E-state index in [9.17, 15) is 15.0 Å². The summed E-state index contributed by atoms with van der Waals surface area (Å²) < 4.78 is 0. The Balaban J connectivity index is 1.74. The number of rotatable bonds is 4. The van der Waals surface area contributed by atoms with Gasteiger partial charge in [-0.3, -0.25) is 9.79 Å². The maximum absolute atomic E-state index is 12.7. The number of benzene rings is 4. The van der Waals surface area contributed by atoms with Gasteiger partial charge in [-0.2, -0.15) is 0 Å². The summed E-state index contributed by atoms with van der Waals surface area (Å²) in [6.45, 7) is 0. The zero-order valence-electron chi connectivity index (χ0n) is 14.9. The number of aromatic hydroxyl groups is 2. The number of hydrogen-bond donors (Lipinski definition) is 2. The number of carbonyl (C=O) groups is 1. The molecule has 4 nitrogen and oxygen atoms in total. The van der Waals surface area contributed by atoms with Gasteiger partial charge in [-0.15, -0.1) is 0 Å². The van der Waals surface area contributed by atoms with Crippen molar-refractivity contribution in [3.8, 4) is 11.5 Å². The topological polar surface area (TPSA) is 69.9 Å². The molecule has 136 valence electrons. The van der Waals surface area contributed by atoms with Gasteiger partial charge in [0.05, 0.1) is 11.3 Å². The molecule has 2 N–H and O–H groups in total. The molecule has 0 aliphatic heterocycles. The SMILES string of the molecule is O=C(c1ccccc1)c1cc(/C=N/c2cccc3ccccc23)c(O)cc1O. The van der Waals surface area contributed by atoms with Crippen molar-refractivity contribution in [2.75, 3.05) is 0 Å². The molecule has 0 unspecified atom stereocenters. The van der Waals surface area contributed by atoms with Crippen LogP contribution in [0.5, 0.6) is 11.5 Å². The summed E-state index contributed by atoms with van der Waals surface area (Å²) in [5.41, 5.74) is 1.68. The summed E-state index contributed by atoms with van der Waals surface area (Å²) in [5, 5.41) is 22.4. The molecule has 0 spiro atoms. The third-order valence-electron chi connectivity index (χ3n) is 4.53. The number of hydrogen-bond acceptors (Lipinski definition) is 4. The first-order valence-electron chi connectivity index (χ1n) is 8.81. The van der Waals surface area contributed by atoms with Crippen LogP contribution in [0.1, 0.15) is 21.5 Å². The van der Waals surface area contributed by atoms with Gasteiger partial charge in [0.25, 0.3) is 0 Å². The minimum atomic E-state index is -0.321. The summed E-state index contributed by atoms with van der Waals surface area (Å²) in [4.78, 5) is 17.2. The average Bonchev–Trinajstić information content (AvgIpc) is 2.73. The Morgan fingerprint density at radius 3 is 2.32 bits per heavy atom. The third-order valence-corrected chi connectivity index (χ3v) is 4.53. The molecular weight excluding hydrogens is 350 g/mol. The Morgan fingerprint density at radius 1 is 0.786 bits per heavy atom. The van der Waals surface area contributed by atoms with Gasteiger partial charge < -0.3 is 10.2 Å². The van der Waals surface area contributed by atoms with Crippen molar-refractivity contribution >= 4 is 28.5 Å². The maximum atomic E-state index is 12.7. The van der Waals surface area contributed by atoms with Crippen molar-refractivity contribution in [3.05, 3.63) is 102 Å². The fourth-order valence-corrected chi connectivity index (χ4v) is 3.08. The van der Waals surface area contributed by atoms with Crippen LogP contribution in [0.3, 0.4) is 0 Å². The number of phenolic OH excluding ortho intramolecular Hbond substituents is 2. The fraction of sp³-hybridized carbons (Fsp3) is 0. The van der Waals surface area contributed by atoms with E-state index < -0.39 is 0 Å². The summed E-state index contributed by atoms with van der Waals surface area (Å²) >= 11 is 0. The largest absolute Gasteiger partial charge is 0.507 e. The monoisotopic (exact) mass is 367 g/mol. The lowest BCUT2D eigenvalue weighted by molar-refractivity contribution is 0.103. The van der Waals surface area contributed by atoms with E-state index in [1.54, 1.807) is 24.3 Å². The van der Waals surface area contributed by atoms with Crippen LogP contribution in [0, 0.1) is 0 Å². The molecule has 0 heterocycles. The molecule has 0 amide bonds. The first-order valence-corrected chi connectivity index (χ1v) is 8.81. The first-order chi connectivity index (χ1) is 13.6. The number of aliphatic imine (C=N–C) groups is 1. The van der Waals surface area contributed by atoms with Gasteiger partial charge in [0, 0.05) is 28.8 Å². The highest BCUT2D eigenvalue weighted by Crippen LogP contribution is 2.30. The predicted molar refractivity (Wildman–Crippen MR) is 111 cm³/mol. The number of nitrogens with zero attached hydrogens (tertiary/aromatic N) is 1. The normalized spacial score (nSPS) is 11.1. The molecule has 0 aliphatic carbocycles. The highest BCUT2D eigenvalue weighted by molar-refractivity contribution is 6.11. The van der Waals surface area contributed by atoms with Gasteiger partial charge in [0.1, 0.15) is 11.5 Å². The van der Waals surface area contributed by atoms with Crippen molar-refractivity contribution in [1.29, 1.82) is 0 Å². The molecule has 4 aromatic carbocycles. The van der Waals surface area contributed by atoms with E-state index in [0.717, 1.165) is 16.5 Å². The van der Waals surface area contributed by atoms with E-state index in [2.05, 4.69) is 4.99 Å². The van der Waals surface area contributed by atoms with Crippen molar-refractivity contribution in [1.82, 2.24) is 0 Å². The minimum Gasteiger partial charge on any atom is -0.507 e. The lowest BCUT2D eigenvalue weighted by atomic mass is 10.00. The third kappa shape index (κ3) is 3.35. The van der Waals surface area contributed by atoms with Gasteiger partial charge in [-0.25, -0.2) is 0 Å². The standard InChI is InChI=1S/C24H17NO3/c26-22-14-23(27)20(24(28)17-8-2-1-3-9-17)13-18(22)15-25-21-12-6-10-16-7-4-5-11-19(16)21/h1-15,26-27H/b25-15+. The summed E-state index contributed by atoms with van der Waals surface area (Å²) in [7, 11) is 0. The smallest absolute Gasteiger partial charge is 0.196 e. The molecular formula is C24H17NO3. The van der Waals surface area contributed by atoms with Crippen LogP contribution in [-0.2, 0) is 0 Å². The molecule has 0 saturated carbocycles. The van der Waals surface area contributed by atoms with Gasteiger partial charge in [0.15, 0.2) is 5.78 Å². The van der Waals surface area contributed by atoms with Gasteiger partial charge in [-0.05, 0) is 17.5 Å². The molecule has 4 rings (SSSR count). The fourth-order valence-electron chi connectivity index (χ4n) is 3.08. The lowest BCUT2D eigenvalue weighted by Crippen LogP contribution is -2.02. The van der Waals surface area contributed by atoms with Crippen LogP contribution in [0.25, 0.3) is 10.8 Å².